The van der Waals surface area contributed by atoms with Gasteiger partial charge in [-0.3, -0.25) is 13.9 Å². The lowest BCUT2D eigenvalue weighted by atomic mass is 9.73. The van der Waals surface area contributed by atoms with Crippen molar-refractivity contribution in [3.8, 4) is 5.75 Å². The minimum Gasteiger partial charge on any atom is -0.496 e. The molecule has 1 N–H and O–H groups in total. The Kier molecular flexibility index (Phi) is 6.04. The largest absolute Gasteiger partial charge is 0.496 e. The SMILES string of the molecule is COc1cccc2c1CC[C@H]1CNC(CCn3c(=O)c4sc5ccccc5c4n(C)c3=O)[C@@H]21.Cl. The molecule has 1 aliphatic heterocycles. The lowest BCUT2D eigenvalue weighted by Gasteiger charge is -2.32. The quantitative estimate of drug-likeness (QED) is 0.462. The average molecular weight is 498 g/mol. The monoisotopic (exact) mass is 497 g/mol. The summed E-state index contributed by atoms with van der Waals surface area (Å²) in [4.78, 5) is 26.6. The van der Waals surface area contributed by atoms with Crippen LogP contribution in [-0.4, -0.2) is 28.8 Å². The number of nitrogens with one attached hydrogen (secondary N) is 1. The molecule has 0 saturated carbocycles. The third-order valence-electron chi connectivity index (χ3n) is 7.62. The fourth-order valence-corrected chi connectivity index (χ4v) is 7.25. The van der Waals surface area contributed by atoms with Gasteiger partial charge in [0.2, 0.25) is 0 Å². The van der Waals surface area contributed by atoms with Crippen LogP contribution >= 0.6 is 23.7 Å². The van der Waals surface area contributed by atoms with Gasteiger partial charge in [0.05, 0.1) is 12.6 Å². The number of hydrogen-bond donors (Lipinski definition) is 1. The average Bonchev–Trinajstić information content (AvgIpc) is 3.44. The molecule has 4 aromatic rings. The van der Waals surface area contributed by atoms with Crippen molar-refractivity contribution in [1.82, 2.24) is 14.5 Å². The van der Waals surface area contributed by atoms with E-state index in [1.54, 1.807) is 18.7 Å². The Morgan fingerprint density at radius 3 is 2.79 bits per heavy atom. The van der Waals surface area contributed by atoms with Gasteiger partial charge >= 0.3 is 5.69 Å². The maximum absolute atomic E-state index is 13.4. The second-order valence-electron chi connectivity index (χ2n) is 9.23. The van der Waals surface area contributed by atoms with Crippen molar-refractivity contribution in [2.24, 2.45) is 13.0 Å². The highest BCUT2D eigenvalue weighted by atomic mass is 35.5. The van der Waals surface area contributed by atoms with Gasteiger partial charge in [0, 0.05) is 35.6 Å². The van der Waals surface area contributed by atoms with E-state index in [9.17, 15) is 9.59 Å². The second kappa shape index (κ2) is 8.87. The van der Waals surface area contributed by atoms with Crippen LogP contribution < -0.4 is 21.3 Å². The van der Waals surface area contributed by atoms with Crippen LogP contribution in [-0.2, 0) is 20.0 Å². The maximum Gasteiger partial charge on any atom is 0.331 e. The number of methoxy groups -OCH3 is 1. The van der Waals surface area contributed by atoms with Crippen LogP contribution in [0.15, 0.2) is 52.1 Å². The number of aromatic nitrogens is 2. The number of benzene rings is 2. The molecule has 8 heteroatoms. The van der Waals surface area contributed by atoms with Gasteiger partial charge in [-0.2, -0.15) is 0 Å². The first-order valence-electron chi connectivity index (χ1n) is 11.6. The van der Waals surface area contributed by atoms with Gasteiger partial charge in [0.15, 0.2) is 0 Å². The number of nitrogens with zero attached hydrogens (tertiary/aromatic N) is 2. The lowest BCUT2D eigenvalue weighted by Crippen LogP contribution is -2.40. The van der Waals surface area contributed by atoms with Gasteiger partial charge in [-0.1, -0.05) is 30.3 Å². The molecule has 3 atom stereocenters. The minimum atomic E-state index is -0.240. The number of rotatable bonds is 4. The highest BCUT2D eigenvalue weighted by Gasteiger charge is 2.40. The first-order valence-corrected chi connectivity index (χ1v) is 12.4. The third-order valence-corrected chi connectivity index (χ3v) is 8.77. The number of hydrogen-bond acceptors (Lipinski definition) is 5. The first-order chi connectivity index (χ1) is 16.1. The van der Waals surface area contributed by atoms with Gasteiger partial charge in [0.25, 0.3) is 5.56 Å². The Hall–Kier alpha value is -2.61. The van der Waals surface area contributed by atoms with E-state index >= 15 is 0 Å². The zero-order valence-corrected chi connectivity index (χ0v) is 20.9. The first kappa shape index (κ1) is 23.1. The molecule has 6 rings (SSSR count). The van der Waals surface area contributed by atoms with Crippen LogP contribution in [0.3, 0.4) is 0 Å². The molecule has 2 aromatic carbocycles. The van der Waals surface area contributed by atoms with E-state index in [1.807, 2.05) is 30.3 Å². The van der Waals surface area contributed by atoms with Gasteiger partial charge in [-0.05, 0) is 55.0 Å². The fourth-order valence-electron chi connectivity index (χ4n) is 6.06. The van der Waals surface area contributed by atoms with E-state index in [0.717, 1.165) is 47.2 Å². The zero-order valence-electron chi connectivity index (χ0n) is 19.2. The summed E-state index contributed by atoms with van der Waals surface area (Å²) in [5.41, 5.74) is 3.01. The van der Waals surface area contributed by atoms with Crippen molar-refractivity contribution < 1.29 is 4.74 Å². The van der Waals surface area contributed by atoms with Crippen LogP contribution in [0, 0.1) is 5.92 Å². The van der Waals surface area contributed by atoms with Gasteiger partial charge in [-0.15, -0.1) is 23.7 Å². The van der Waals surface area contributed by atoms with Crippen LogP contribution in [0.4, 0.5) is 0 Å². The summed E-state index contributed by atoms with van der Waals surface area (Å²) in [7, 11) is 3.51. The van der Waals surface area contributed by atoms with Crippen molar-refractivity contribution in [2.75, 3.05) is 13.7 Å². The molecule has 0 radical (unpaired) electrons. The van der Waals surface area contributed by atoms with Crippen molar-refractivity contribution in [3.05, 3.63) is 74.4 Å². The Bertz CT molecular complexity index is 1510. The molecule has 1 saturated heterocycles. The minimum absolute atomic E-state index is 0. The van der Waals surface area contributed by atoms with Crippen LogP contribution in [0.2, 0.25) is 0 Å². The van der Waals surface area contributed by atoms with E-state index in [4.69, 9.17) is 4.74 Å². The molecule has 0 bridgehead atoms. The second-order valence-corrected chi connectivity index (χ2v) is 10.3. The highest BCUT2D eigenvalue weighted by Crippen LogP contribution is 2.45. The van der Waals surface area contributed by atoms with Crippen LogP contribution in [0.5, 0.6) is 5.75 Å². The van der Waals surface area contributed by atoms with E-state index in [2.05, 4.69) is 17.4 Å². The molecule has 3 heterocycles. The van der Waals surface area contributed by atoms with Crippen molar-refractivity contribution >= 4 is 44.0 Å². The zero-order chi connectivity index (χ0) is 22.7. The summed E-state index contributed by atoms with van der Waals surface area (Å²) in [5.74, 6) is 1.94. The molecule has 0 amide bonds. The van der Waals surface area contributed by atoms with E-state index in [1.165, 1.54) is 27.0 Å². The number of fused-ring (bicyclic) bond motifs is 6. The summed E-state index contributed by atoms with van der Waals surface area (Å²) >= 11 is 1.47. The molecule has 1 aliphatic carbocycles. The predicted molar refractivity (Wildman–Crippen MR) is 140 cm³/mol. The molecule has 2 aliphatic rings. The fraction of sp³-hybridized carbons (Fsp3) is 0.385. The topological polar surface area (TPSA) is 65.3 Å². The van der Waals surface area contributed by atoms with E-state index in [-0.39, 0.29) is 29.7 Å². The highest BCUT2D eigenvalue weighted by molar-refractivity contribution is 7.25. The summed E-state index contributed by atoms with van der Waals surface area (Å²) < 4.78 is 10.4. The number of thiophene rings is 1. The van der Waals surface area contributed by atoms with Crippen LogP contribution in [0.1, 0.15) is 29.9 Å². The molecule has 6 nitrogen and oxygen atoms in total. The number of halogens is 1. The normalized spacial score (nSPS) is 21.3. The molecule has 1 fully saturated rings. The van der Waals surface area contributed by atoms with Gasteiger partial charge in [0.1, 0.15) is 10.4 Å². The molecule has 1 unspecified atom stereocenters. The Morgan fingerprint density at radius 2 is 1.97 bits per heavy atom. The Labute approximate surface area is 207 Å². The third kappa shape index (κ3) is 3.41. The lowest BCUT2D eigenvalue weighted by molar-refractivity contribution is 0.370. The molecule has 2 aromatic heterocycles. The van der Waals surface area contributed by atoms with Gasteiger partial charge < -0.3 is 10.1 Å². The molecule has 178 valence electrons. The van der Waals surface area contributed by atoms with Crippen LogP contribution in [0.25, 0.3) is 20.3 Å². The summed E-state index contributed by atoms with van der Waals surface area (Å²) in [6.45, 7) is 1.39. The molecule has 34 heavy (non-hydrogen) atoms. The maximum atomic E-state index is 13.4. The predicted octanol–water partition coefficient (Wildman–Crippen LogP) is 4.05. The molecular formula is C26H28ClN3O3S. The van der Waals surface area contributed by atoms with Gasteiger partial charge in [-0.25, -0.2) is 4.79 Å². The van der Waals surface area contributed by atoms with Crippen molar-refractivity contribution in [3.63, 3.8) is 0 Å². The number of ether oxygens (including phenoxy) is 1. The molecular weight excluding hydrogens is 470 g/mol. The number of aryl methyl sites for hydroxylation is 1. The standard InChI is InChI=1S/C26H27N3O3S.ClH/c1-28-23-18-6-3-4-9-21(18)33-24(23)25(30)29(26(28)31)13-12-19-22-15(14-27-19)10-11-16-17(22)7-5-8-20(16)32-2;/h3-9,15,19,22,27H,10-14H2,1-2H3;1H/t15-,19?,22+;/m0./s1. The van der Waals surface area contributed by atoms with Crippen molar-refractivity contribution in [2.45, 2.75) is 37.8 Å². The molecule has 0 spiro atoms. The summed E-state index contributed by atoms with van der Waals surface area (Å²) in [6, 6.07) is 14.5. The Balaban J connectivity index is 0.00000241. The van der Waals surface area contributed by atoms with E-state index in [0.29, 0.717) is 23.1 Å². The smallest absolute Gasteiger partial charge is 0.331 e. The Morgan fingerprint density at radius 1 is 1.15 bits per heavy atom. The van der Waals surface area contributed by atoms with Crippen molar-refractivity contribution in [1.29, 1.82) is 0 Å². The van der Waals surface area contributed by atoms with E-state index < -0.39 is 0 Å². The summed E-state index contributed by atoms with van der Waals surface area (Å²) in [5, 5.41) is 4.66. The summed E-state index contributed by atoms with van der Waals surface area (Å²) in [6.07, 6.45) is 2.91.